The number of rotatable bonds is 2. The summed E-state index contributed by atoms with van der Waals surface area (Å²) in [5.41, 5.74) is 0.789. The van der Waals surface area contributed by atoms with Gasteiger partial charge in [0.25, 0.3) is 0 Å². The van der Waals surface area contributed by atoms with E-state index in [4.69, 9.17) is 0 Å². The molecule has 1 atom stereocenters. The highest BCUT2D eigenvalue weighted by molar-refractivity contribution is 5.99. The zero-order chi connectivity index (χ0) is 15.0. The van der Waals surface area contributed by atoms with Gasteiger partial charge in [-0.25, -0.2) is 4.98 Å². The summed E-state index contributed by atoms with van der Waals surface area (Å²) in [5, 5.41) is 0. The van der Waals surface area contributed by atoms with Crippen molar-refractivity contribution in [1.82, 2.24) is 14.3 Å². The highest BCUT2D eigenvalue weighted by atomic mass is 16.2. The number of carbonyl (C=O) groups excluding carboxylic acids is 2. The minimum atomic E-state index is -0.218. The molecule has 2 aromatic rings. The summed E-state index contributed by atoms with van der Waals surface area (Å²) in [6.07, 6.45) is 4.95. The minimum absolute atomic E-state index is 0.0586. The lowest BCUT2D eigenvalue weighted by Crippen LogP contribution is -2.57. The Hall–Kier alpha value is -2.63. The van der Waals surface area contributed by atoms with Crippen LogP contribution in [-0.4, -0.2) is 45.2 Å². The molecule has 3 rings (SSSR count). The summed E-state index contributed by atoms with van der Waals surface area (Å²) < 4.78 is 1.87. The highest BCUT2D eigenvalue weighted by Gasteiger charge is 2.33. The Labute approximate surface area is 122 Å². The molecule has 3 heterocycles. The first-order chi connectivity index (χ1) is 10.1. The SMILES string of the molecule is C=CC(=O)N1CC(=O)N(c2cn3ccccc3n2)C(C)C1. The van der Waals surface area contributed by atoms with E-state index in [1.807, 2.05) is 41.9 Å². The predicted octanol–water partition coefficient (Wildman–Crippen LogP) is 1.08. The molecule has 6 heteroatoms. The van der Waals surface area contributed by atoms with E-state index in [0.717, 1.165) is 5.65 Å². The van der Waals surface area contributed by atoms with Crippen LogP contribution >= 0.6 is 0 Å². The molecule has 1 aliphatic rings. The number of hydrogen-bond donors (Lipinski definition) is 0. The van der Waals surface area contributed by atoms with Gasteiger partial charge in [-0.1, -0.05) is 12.6 Å². The van der Waals surface area contributed by atoms with E-state index < -0.39 is 0 Å². The van der Waals surface area contributed by atoms with Gasteiger partial charge in [-0.3, -0.25) is 14.5 Å². The summed E-state index contributed by atoms with van der Waals surface area (Å²) in [6.45, 7) is 5.90. The second-order valence-electron chi connectivity index (χ2n) is 5.10. The zero-order valence-corrected chi connectivity index (χ0v) is 11.8. The van der Waals surface area contributed by atoms with Crippen LogP contribution in [0.4, 0.5) is 5.82 Å². The zero-order valence-electron chi connectivity index (χ0n) is 11.8. The lowest BCUT2D eigenvalue weighted by Gasteiger charge is -2.37. The van der Waals surface area contributed by atoms with E-state index in [0.29, 0.717) is 12.4 Å². The maximum atomic E-state index is 12.4. The van der Waals surface area contributed by atoms with Crippen LogP contribution < -0.4 is 4.90 Å². The Balaban J connectivity index is 1.90. The fourth-order valence-corrected chi connectivity index (χ4v) is 2.64. The van der Waals surface area contributed by atoms with Gasteiger partial charge in [-0.15, -0.1) is 0 Å². The molecular formula is C15H16N4O2. The second-order valence-corrected chi connectivity index (χ2v) is 5.10. The van der Waals surface area contributed by atoms with Gasteiger partial charge in [0.15, 0.2) is 5.82 Å². The summed E-state index contributed by atoms with van der Waals surface area (Å²) in [7, 11) is 0. The number of carbonyl (C=O) groups is 2. The van der Waals surface area contributed by atoms with Crippen molar-refractivity contribution >= 4 is 23.3 Å². The highest BCUT2D eigenvalue weighted by Crippen LogP contribution is 2.21. The van der Waals surface area contributed by atoms with Crippen LogP contribution in [0.15, 0.2) is 43.2 Å². The Morgan fingerprint density at radius 2 is 2.29 bits per heavy atom. The molecule has 1 unspecified atom stereocenters. The third-order valence-electron chi connectivity index (χ3n) is 3.60. The molecule has 0 aliphatic carbocycles. The topological polar surface area (TPSA) is 57.9 Å². The molecule has 0 spiro atoms. The van der Waals surface area contributed by atoms with Crippen molar-refractivity contribution in [3.05, 3.63) is 43.2 Å². The van der Waals surface area contributed by atoms with Crippen molar-refractivity contribution in [3.8, 4) is 0 Å². The van der Waals surface area contributed by atoms with Crippen molar-refractivity contribution in [2.45, 2.75) is 13.0 Å². The molecule has 21 heavy (non-hydrogen) atoms. The number of fused-ring (bicyclic) bond motifs is 1. The average molecular weight is 284 g/mol. The van der Waals surface area contributed by atoms with Crippen LogP contribution in [0.2, 0.25) is 0 Å². The molecule has 6 nitrogen and oxygen atoms in total. The van der Waals surface area contributed by atoms with Crippen molar-refractivity contribution in [1.29, 1.82) is 0 Å². The number of pyridine rings is 1. The molecule has 0 bridgehead atoms. The summed E-state index contributed by atoms with van der Waals surface area (Å²) in [6, 6.07) is 5.57. The number of nitrogens with zero attached hydrogens (tertiary/aromatic N) is 4. The van der Waals surface area contributed by atoms with E-state index in [1.54, 1.807) is 4.90 Å². The quantitative estimate of drug-likeness (QED) is 0.776. The van der Waals surface area contributed by atoms with E-state index >= 15 is 0 Å². The second kappa shape index (κ2) is 5.05. The molecule has 2 aromatic heterocycles. The van der Waals surface area contributed by atoms with Crippen LogP contribution in [0.5, 0.6) is 0 Å². The van der Waals surface area contributed by atoms with Gasteiger partial charge in [0.05, 0.1) is 12.2 Å². The van der Waals surface area contributed by atoms with Gasteiger partial charge in [-0.2, -0.15) is 0 Å². The van der Waals surface area contributed by atoms with E-state index in [1.165, 1.54) is 11.0 Å². The smallest absolute Gasteiger partial charge is 0.248 e. The van der Waals surface area contributed by atoms with Gasteiger partial charge in [0, 0.05) is 12.7 Å². The van der Waals surface area contributed by atoms with Gasteiger partial charge in [-0.05, 0) is 25.1 Å². The monoisotopic (exact) mass is 284 g/mol. The molecule has 2 amide bonds. The predicted molar refractivity (Wildman–Crippen MR) is 78.9 cm³/mol. The standard InChI is InChI=1S/C15H16N4O2/c1-3-14(20)18-8-11(2)19(15(21)10-18)13-9-17-7-5-4-6-12(17)16-13/h3-7,9,11H,1,8,10H2,2H3. The molecule has 108 valence electrons. The average Bonchev–Trinajstić information content (AvgIpc) is 2.88. The van der Waals surface area contributed by atoms with Crippen LogP contribution in [0, 0.1) is 0 Å². The lowest BCUT2D eigenvalue weighted by molar-refractivity contribution is -0.134. The largest absolute Gasteiger partial charge is 0.328 e. The Morgan fingerprint density at radius 3 is 2.95 bits per heavy atom. The number of aromatic nitrogens is 2. The lowest BCUT2D eigenvalue weighted by atomic mass is 10.2. The van der Waals surface area contributed by atoms with Crippen LogP contribution in [0.1, 0.15) is 6.92 Å². The number of amides is 2. The van der Waals surface area contributed by atoms with E-state index in [-0.39, 0.29) is 24.4 Å². The molecule has 0 N–H and O–H groups in total. The molecule has 0 radical (unpaired) electrons. The first-order valence-corrected chi connectivity index (χ1v) is 6.77. The first-order valence-electron chi connectivity index (χ1n) is 6.77. The van der Waals surface area contributed by atoms with Crippen LogP contribution in [-0.2, 0) is 9.59 Å². The fraction of sp³-hybridized carbons (Fsp3) is 0.267. The Morgan fingerprint density at radius 1 is 1.48 bits per heavy atom. The van der Waals surface area contributed by atoms with Gasteiger partial charge in [0.2, 0.25) is 11.8 Å². The summed E-state index contributed by atoms with van der Waals surface area (Å²) >= 11 is 0. The van der Waals surface area contributed by atoms with Crippen molar-refractivity contribution in [3.63, 3.8) is 0 Å². The summed E-state index contributed by atoms with van der Waals surface area (Å²) in [5.74, 6) is 0.265. The van der Waals surface area contributed by atoms with Crippen molar-refractivity contribution in [2.75, 3.05) is 18.0 Å². The number of hydrogen-bond acceptors (Lipinski definition) is 3. The third kappa shape index (κ3) is 2.29. The Kier molecular flexibility index (Phi) is 3.21. The number of imidazole rings is 1. The molecule has 1 aliphatic heterocycles. The molecule has 1 saturated heterocycles. The maximum absolute atomic E-state index is 12.4. The molecule has 1 fully saturated rings. The number of piperazine rings is 1. The minimum Gasteiger partial charge on any atom is -0.328 e. The fourth-order valence-electron chi connectivity index (χ4n) is 2.64. The van der Waals surface area contributed by atoms with Gasteiger partial charge < -0.3 is 9.30 Å². The van der Waals surface area contributed by atoms with Crippen molar-refractivity contribution < 1.29 is 9.59 Å². The number of anilines is 1. The normalized spacial score (nSPS) is 19.1. The maximum Gasteiger partial charge on any atom is 0.248 e. The molecular weight excluding hydrogens is 268 g/mol. The van der Waals surface area contributed by atoms with Gasteiger partial charge >= 0.3 is 0 Å². The molecule has 0 aromatic carbocycles. The molecule has 0 saturated carbocycles. The Bertz CT molecular complexity index is 688. The van der Waals surface area contributed by atoms with Crippen molar-refractivity contribution in [2.24, 2.45) is 0 Å². The van der Waals surface area contributed by atoms with Gasteiger partial charge in [0.1, 0.15) is 12.2 Å². The summed E-state index contributed by atoms with van der Waals surface area (Å²) in [4.78, 5) is 31.7. The van der Waals surface area contributed by atoms with E-state index in [2.05, 4.69) is 11.6 Å². The first kappa shape index (κ1) is 13.4. The van der Waals surface area contributed by atoms with Crippen LogP contribution in [0.25, 0.3) is 5.65 Å². The van der Waals surface area contributed by atoms with E-state index in [9.17, 15) is 9.59 Å². The third-order valence-corrected chi connectivity index (χ3v) is 3.60. The van der Waals surface area contributed by atoms with Crippen LogP contribution in [0.3, 0.4) is 0 Å².